The summed E-state index contributed by atoms with van der Waals surface area (Å²) >= 11 is 0. The van der Waals surface area contributed by atoms with E-state index in [0.29, 0.717) is 6.04 Å². The molecule has 1 heterocycles. The lowest BCUT2D eigenvalue weighted by Gasteiger charge is -2.10. The number of nitrogens with one attached hydrogen (secondary N) is 1. The molecule has 3 heteroatoms. The maximum absolute atomic E-state index is 4.20. The lowest BCUT2D eigenvalue weighted by Crippen LogP contribution is -2.27. The molecule has 0 amide bonds. The normalized spacial score (nSPS) is 12.8. The van der Waals surface area contributed by atoms with E-state index >= 15 is 0 Å². The standard InChI is InChI=1S/C9H15N3/c1-3-11-8(2)6-9-7-10-4-5-12-9/h4-5,7-8,11H,3,6H2,1-2H3. The molecule has 3 nitrogen and oxygen atoms in total. The van der Waals surface area contributed by atoms with Gasteiger partial charge in [0.15, 0.2) is 0 Å². The second kappa shape index (κ2) is 4.83. The molecule has 0 radical (unpaired) electrons. The third-order valence-electron chi connectivity index (χ3n) is 1.68. The van der Waals surface area contributed by atoms with E-state index in [1.165, 1.54) is 0 Å². The molecule has 66 valence electrons. The van der Waals surface area contributed by atoms with E-state index in [1.54, 1.807) is 12.4 Å². The molecule has 1 unspecified atom stereocenters. The molecular weight excluding hydrogens is 150 g/mol. The molecule has 0 aliphatic carbocycles. The molecular formula is C9H15N3. The Labute approximate surface area is 73.2 Å². The number of aromatic nitrogens is 2. The van der Waals surface area contributed by atoms with Crippen molar-refractivity contribution in [3.63, 3.8) is 0 Å². The lowest BCUT2D eigenvalue weighted by molar-refractivity contribution is 0.558. The number of likely N-dealkylation sites (N-methyl/N-ethyl adjacent to an activating group) is 1. The van der Waals surface area contributed by atoms with Gasteiger partial charge >= 0.3 is 0 Å². The highest BCUT2D eigenvalue weighted by molar-refractivity contribution is 4.96. The summed E-state index contributed by atoms with van der Waals surface area (Å²) in [6.45, 7) is 5.26. The second-order valence-electron chi connectivity index (χ2n) is 2.86. The summed E-state index contributed by atoms with van der Waals surface area (Å²) in [6, 6.07) is 0.478. The van der Waals surface area contributed by atoms with Gasteiger partial charge in [0.05, 0.1) is 5.69 Å². The molecule has 1 aromatic heterocycles. The average Bonchev–Trinajstić information content (AvgIpc) is 2.06. The van der Waals surface area contributed by atoms with Gasteiger partial charge in [-0.1, -0.05) is 6.92 Å². The maximum Gasteiger partial charge on any atom is 0.0602 e. The van der Waals surface area contributed by atoms with Crippen LogP contribution in [0.2, 0.25) is 0 Å². The van der Waals surface area contributed by atoms with E-state index in [-0.39, 0.29) is 0 Å². The first kappa shape index (κ1) is 9.13. The van der Waals surface area contributed by atoms with Gasteiger partial charge < -0.3 is 5.32 Å². The third-order valence-corrected chi connectivity index (χ3v) is 1.68. The topological polar surface area (TPSA) is 37.8 Å². The van der Waals surface area contributed by atoms with E-state index in [0.717, 1.165) is 18.7 Å². The fraction of sp³-hybridized carbons (Fsp3) is 0.556. The number of nitrogens with zero attached hydrogens (tertiary/aromatic N) is 2. The van der Waals surface area contributed by atoms with Gasteiger partial charge in [0.2, 0.25) is 0 Å². The number of hydrogen-bond donors (Lipinski definition) is 1. The molecule has 1 atom stereocenters. The van der Waals surface area contributed by atoms with Crippen LogP contribution in [0.4, 0.5) is 0 Å². The van der Waals surface area contributed by atoms with Crippen molar-refractivity contribution in [3.8, 4) is 0 Å². The van der Waals surface area contributed by atoms with Gasteiger partial charge in [-0.25, -0.2) is 0 Å². The third kappa shape index (κ3) is 2.96. The molecule has 12 heavy (non-hydrogen) atoms. The van der Waals surface area contributed by atoms with Gasteiger partial charge in [0.25, 0.3) is 0 Å². The van der Waals surface area contributed by atoms with Crippen molar-refractivity contribution in [2.75, 3.05) is 6.54 Å². The predicted molar refractivity (Wildman–Crippen MR) is 48.9 cm³/mol. The SMILES string of the molecule is CCNC(C)Cc1cnccn1. The van der Waals surface area contributed by atoms with E-state index in [2.05, 4.69) is 29.1 Å². The summed E-state index contributed by atoms with van der Waals surface area (Å²) in [5.41, 5.74) is 1.05. The van der Waals surface area contributed by atoms with Crippen LogP contribution in [0.15, 0.2) is 18.6 Å². The van der Waals surface area contributed by atoms with Crippen molar-refractivity contribution in [2.24, 2.45) is 0 Å². The monoisotopic (exact) mass is 165 g/mol. The molecule has 0 fully saturated rings. The van der Waals surface area contributed by atoms with E-state index in [1.807, 2.05) is 6.20 Å². The van der Waals surface area contributed by atoms with Gasteiger partial charge in [0, 0.05) is 31.1 Å². The highest BCUT2D eigenvalue weighted by atomic mass is 14.9. The maximum atomic E-state index is 4.20. The Hall–Kier alpha value is -0.960. The summed E-state index contributed by atoms with van der Waals surface area (Å²) < 4.78 is 0. The van der Waals surface area contributed by atoms with Gasteiger partial charge in [-0.05, 0) is 13.5 Å². The van der Waals surface area contributed by atoms with E-state index < -0.39 is 0 Å². The number of rotatable bonds is 4. The summed E-state index contributed by atoms with van der Waals surface area (Å²) in [6.07, 6.45) is 6.19. The first-order valence-electron chi connectivity index (χ1n) is 4.31. The van der Waals surface area contributed by atoms with Crippen molar-refractivity contribution in [1.82, 2.24) is 15.3 Å². The van der Waals surface area contributed by atoms with Crippen LogP contribution >= 0.6 is 0 Å². The minimum atomic E-state index is 0.478. The molecule has 0 aliphatic heterocycles. The van der Waals surface area contributed by atoms with Crippen molar-refractivity contribution in [3.05, 3.63) is 24.3 Å². The Morgan fingerprint density at radius 1 is 1.50 bits per heavy atom. The second-order valence-corrected chi connectivity index (χ2v) is 2.86. The Balaban J connectivity index is 2.41. The highest BCUT2D eigenvalue weighted by Crippen LogP contribution is 1.95. The summed E-state index contributed by atoms with van der Waals surface area (Å²) in [7, 11) is 0. The van der Waals surface area contributed by atoms with E-state index in [4.69, 9.17) is 0 Å². The van der Waals surface area contributed by atoms with Crippen LogP contribution in [0.1, 0.15) is 19.5 Å². The Morgan fingerprint density at radius 3 is 2.92 bits per heavy atom. The minimum absolute atomic E-state index is 0.478. The lowest BCUT2D eigenvalue weighted by atomic mass is 10.2. The van der Waals surface area contributed by atoms with Crippen molar-refractivity contribution in [1.29, 1.82) is 0 Å². The molecule has 1 N–H and O–H groups in total. The van der Waals surface area contributed by atoms with Crippen LogP contribution in [-0.2, 0) is 6.42 Å². The molecule has 1 aromatic rings. The average molecular weight is 165 g/mol. The molecule has 0 aromatic carbocycles. The van der Waals surface area contributed by atoms with Gasteiger partial charge in [-0.2, -0.15) is 0 Å². The van der Waals surface area contributed by atoms with Crippen LogP contribution in [0.3, 0.4) is 0 Å². The highest BCUT2D eigenvalue weighted by Gasteiger charge is 2.01. The van der Waals surface area contributed by atoms with Gasteiger partial charge in [0.1, 0.15) is 0 Å². The molecule has 0 spiro atoms. The zero-order valence-electron chi connectivity index (χ0n) is 7.62. The Kier molecular flexibility index (Phi) is 3.67. The van der Waals surface area contributed by atoms with Crippen LogP contribution in [0, 0.1) is 0 Å². The first-order chi connectivity index (χ1) is 5.83. The first-order valence-corrected chi connectivity index (χ1v) is 4.31. The summed E-state index contributed by atoms with van der Waals surface area (Å²) in [5.74, 6) is 0. The Bertz CT molecular complexity index is 210. The molecule has 0 aliphatic rings. The fourth-order valence-corrected chi connectivity index (χ4v) is 1.17. The van der Waals surface area contributed by atoms with Crippen molar-refractivity contribution >= 4 is 0 Å². The van der Waals surface area contributed by atoms with Crippen molar-refractivity contribution < 1.29 is 0 Å². The van der Waals surface area contributed by atoms with Crippen LogP contribution < -0.4 is 5.32 Å². The summed E-state index contributed by atoms with van der Waals surface area (Å²) in [4.78, 5) is 8.21. The largest absolute Gasteiger partial charge is 0.314 e. The zero-order chi connectivity index (χ0) is 8.81. The van der Waals surface area contributed by atoms with E-state index in [9.17, 15) is 0 Å². The quantitative estimate of drug-likeness (QED) is 0.723. The number of hydrogen-bond acceptors (Lipinski definition) is 3. The smallest absolute Gasteiger partial charge is 0.0602 e. The van der Waals surface area contributed by atoms with Gasteiger partial charge in [-0.15, -0.1) is 0 Å². The molecule has 0 saturated heterocycles. The zero-order valence-corrected chi connectivity index (χ0v) is 7.62. The molecule has 0 saturated carbocycles. The predicted octanol–water partition coefficient (Wildman–Crippen LogP) is 1.02. The van der Waals surface area contributed by atoms with Gasteiger partial charge in [-0.3, -0.25) is 9.97 Å². The minimum Gasteiger partial charge on any atom is -0.314 e. The molecule has 0 bridgehead atoms. The van der Waals surface area contributed by atoms with Crippen LogP contribution in [0.5, 0.6) is 0 Å². The van der Waals surface area contributed by atoms with Crippen LogP contribution in [-0.4, -0.2) is 22.6 Å². The molecule has 1 rings (SSSR count). The van der Waals surface area contributed by atoms with Crippen LogP contribution in [0.25, 0.3) is 0 Å². The fourth-order valence-electron chi connectivity index (χ4n) is 1.17. The Morgan fingerprint density at radius 2 is 2.33 bits per heavy atom. The summed E-state index contributed by atoms with van der Waals surface area (Å²) in [5, 5.41) is 3.33. The van der Waals surface area contributed by atoms with Crippen molar-refractivity contribution in [2.45, 2.75) is 26.3 Å².